The molecule has 144 valence electrons. The molecule has 2 aromatic heterocycles. The maximum absolute atomic E-state index is 12.1. The first-order valence-electron chi connectivity index (χ1n) is 9.27. The van der Waals surface area contributed by atoms with Crippen LogP contribution >= 0.6 is 11.6 Å². The van der Waals surface area contributed by atoms with Crippen LogP contribution in [0.5, 0.6) is 0 Å². The van der Waals surface area contributed by atoms with Gasteiger partial charge in [-0.25, -0.2) is 0 Å². The number of halogens is 1. The minimum absolute atomic E-state index is 0.0412. The number of amides is 1. The Morgan fingerprint density at radius 3 is 2.64 bits per heavy atom. The van der Waals surface area contributed by atoms with Crippen LogP contribution in [0.25, 0.3) is 17.0 Å². The van der Waals surface area contributed by atoms with Crippen molar-refractivity contribution in [3.8, 4) is 11.4 Å². The van der Waals surface area contributed by atoms with Crippen molar-refractivity contribution in [1.29, 1.82) is 0 Å². The number of benzene rings is 1. The molecule has 0 radical (unpaired) electrons. The van der Waals surface area contributed by atoms with Crippen molar-refractivity contribution in [2.24, 2.45) is 5.92 Å². The molecule has 0 spiro atoms. The zero-order valence-electron chi connectivity index (χ0n) is 15.4. The van der Waals surface area contributed by atoms with Gasteiger partial charge < -0.3 is 10.2 Å². The largest absolute Gasteiger partial charge is 0.355 e. The molecule has 1 aliphatic rings. The summed E-state index contributed by atoms with van der Waals surface area (Å²) in [6.45, 7) is 5.71. The van der Waals surface area contributed by atoms with E-state index in [0.717, 1.165) is 37.3 Å². The van der Waals surface area contributed by atoms with E-state index in [1.165, 1.54) is 0 Å². The average Bonchev–Trinajstić information content (AvgIpc) is 3.16. The second kappa shape index (κ2) is 7.98. The number of carbonyl (C=O) groups is 1. The molecule has 28 heavy (non-hydrogen) atoms. The van der Waals surface area contributed by atoms with Gasteiger partial charge in [0.05, 0.1) is 0 Å². The van der Waals surface area contributed by atoms with Crippen molar-refractivity contribution in [2.75, 3.05) is 24.5 Å². The lowest BCUT2D eigenvalue weighted by molar-refractivity contribution is -0.125. The first-order valence-corrected chi connectivity index (χ1v) is 9.65. The molecule has 0 atom stereocenters. The van der Waals surface area contributed by atoms with Crippen molar-refractivity contribution in [3.63, 3.8) is 0 Å². The lowest BCUT2D eigenvalue weighted by atomic mass is 9.96. The Morgan fingerprint density at radius 2 is 1.93 bits per heavy atom. The van der Waals surface area contributed by atoms with Crippen LogP contribution in [0.3, 0.4) is 0 Å². The zero-order valence-corrected chi connectivity index (χ0v) is 16.1. The molecule has 1 aliphatic heterocycles. The van der Waals surface area contributed by atoms with E-state index in [2.05, 4.69) is 27.0 Å². The molecule has 1 saturated heterocycles. The monoisotopic (exact) mass is 396 g/mol. The van der Waals surface area contributed by atoms with E-state index in [1.807, 2.05) is 36.4 Å². The summed E-state index contributed by atoms with van der Waals surface area (Å²) in [7, 11) is 0. The lowest BCUT2D eigenvalue weighted by Crippen LogP contribution is -2.41. The third kappa shape index (κ3) is 3.71. The van der Waals surface area contributed by atoms with Crippen molar-refractivity contribution in [2.45, 2.75) is 12.8 Å². The minimum atomic E-state index is 0.0412. The van der Waals surface area contributed by atoms with Crippen LogP contribution in [0.2, 0.25) is 5.02 Å². The smallest absolute Gasteiger partial charge is 0.223 e. The number of anilines is 1. The summed E-state index contributed by atoms with van der Waals surface area (Å²) in [5.41, 5.74) is 1.59. The highest BCUT2D eigenvalue weighted by atomic mass is 35.5. The highest BCUT2D eigenvalue weighted by Gasteiger charge is 2.25. The van der Waals surface area contributed by atoms with Crippen molar-refractivity contribution >= 4 is 29.0 Å². The molecule has 4 rings (SSSR count). The molecule has 1 fully saturated rings. The SMILES string of the molecule is C=CCNC(=O)C1CCN(c2ccc3nnc(-c4ccc(Cl)cc4)n3n2)CC1. The fourth-order valence-corrected chi connectivity index (χ4v) is 3.54. The molecule has 7 nitrogen and oxygen atoms in total. The molecule has 0 bridgehead atoms. The maximum Gasteiger partial charge on any atom is 0.223 e. The van der Waals surface area contributed by atoms with E-state index < -0.39 is 0 Å². The molecule has 1 aromatic carbocycles. The molecule has 3 aromatic rings. The van der Waals surface area contributed by atoms with Crippen LogP contribution in [0.1, 0.15) is 12.8 Å². The van der Waals surface area contributed by atoms with Gasteiger partial charge in [-0.1, -0.05) is 17.7 Å². The lowest BCUT2D eigenvalue weighted by Gasteiger charge is -2.32. The van der Waals surface area contributed by atoms with Crippen molar-refractivity contribution < 1.29 is 4.79 Å². The number of piperidine rings is 1. The summed E-state index contributed by atoms with van der Waals surface area (Å²) in [5, 5.41) is 16.8. The molecule has 0 saturated carbocycles. The van der Waals surface area contributed by atoms with Gasteiger partial charge in [0.15, 0.2) is 11.5 Å². The number of rotatable bonds is 5. The van der Waals surface area contributed by atoms with E-state index in [4.69, 9.17) is 16.7 Å². The normalized spacial score (nSPS) is 15.0. The Hall–Kier alpha value is -2.93. The first kappa shape index (κ1) is 18.4. The number of aromatic nitrogens is 4. The summed E-state index contributed by atoms with van der Waals surface area (Å²) in [4.78, 5) is 14.3. The van der Waals surface area contributed by atoms with Crippen molar-refractivity contribution in [1.82, 2.24) is 25.1 Å². The third-order valence-electron chi connectivity index (χ3n) is 4.96. The van der Waals surface area contributed by atoms with Gasteiger partial charge in [-0.2, -0.15) is 4.52 Å². The number of fused-ring (bicyclic) bond motifs is 1. The van der Waals surface area contributed by atoms with Crippen LogP contribution < -0.4 is 10.2 Å². The number of hydrogen-bond donors (Lipinski definition) is 1. The molecule has 8 heteroatoms. The summed E-state index contributed by atoms with van der Waals surface area (Å²) in [6.07, 6.45) is 3.30. The van der Waals surface area contributed by atoms with Gasteiger partial charge in [-0.15, -0.1) is 21.9 Å². The Kier molecular flexibility index (Phi) is 5.25. The first-order chi connectivity index (χ1) is 13.7. The predicted octanol–water partition coefficient (Wildman–Crippen LogP) is 2.96. The Bertz CT molecular complexity index is 992. The second-order valence-corrected chi connectivity index (χ2v) is 7.22. The zero-order chi connectivity index (χ0) is 19.5. The van der Waals surface area contributed by atoms with E-state index >= 15 is 0 Å². The van der Waals surface area contributed by atoms with Gasteiger partial charge in [0.25, 0.3) is 0 Å². The highest BCUT2D eigenvalue weighted by Crippen LogP contribution is 2.24. The number of nitrogens with zero attached hydrogens (tertiary/aromatic N) is 5. The number of hydrogen-bond acceptors (Lipinski definition) is 5. The molecule has 1 N–H and O–H groups in total. The van der Waals surface area contributed by atoms with Gasteiger partial charge in [-0.3, -0.25) is 4.79 Å². The van der Waals surface area contributed by atoms with Gasteiger partial charge in [0, 0.05) is 36.1 Å². The fourth-order valence-electron chi connectivity index (χ4n) is 3.41. The van der Waals surface area contributed by atoms with Gasteiger partial charge in [-0.05, 0) is 49.2 Å². The molecule has 0 unspecified atom stereocenters. The predicted molar refractivity (Wildman–Crippen MR) is 109 cm³/mol. The van der Waals surface area contributed by atoms with Crippen LogP contribution in [-0.4, -0.2) is 45.4 Å². The molecule has 0 aliphatic carbocycles. The molecule has 1 amide bonds. The average molecular weight is 397 g/mol. The Labute approximate surface area is 168 Å². The fraction of sp³-hybridized carbons (Fsp3) is 0.300. The summed E-state index contributed by atoms with van der Waals surface area (Å²) in [5.74, 6) is 1.67. The quantitative estimate of drug-likeness (QED) is 0.671. The third-order valence-corrected chi connectivity index (χ3v) is 5.21. The number of carbonyl (C=O) groups excluding carboxylic acids is 1. The van der Waals surface area contributed by atoms with Gasteiger partial charge >= 0.3 is 0 Å². The highest BCUT2D eigenvalue weighted by molar-refractivity contribution is 6.30. The van der Waals surface area contributed by atoms with Crippen LogP contribution in [0, 0.1) is 5.92 Å². The maximum atomic E-state index is 12.1. The van der Waals surface area contributed by atoms with Crippen molar-refractivity contribution in [3.05, 3.63) is 54.1 Å². The van der Waals surface area contributed by atoms with Gasteiger partial charge in [0.2, 0.25) is 5.91 Å². The van der Waals surface area contributed by atoms with Gasteiger partial charge in [0.1, 0.15) is 5.82 Å². The summed E-state index contributed by atoms with van der Waals surface area (Å²) < 4.78 is 1.75. The van der Waals surface area contributed by atoms with E-state index in [1.54, 1.807) is 10.6 Å². The molecule has 3 heterocycles. The topological polar surface area (TPSA) is 75.4 Å². The number of nitrogens with one attached hydrogen (secondary N) is 1. The standard InChI is InChI=1S/C20H21ClN6O/c1-2-11-22-20(28)15-9-12-26(13-10-15)18-8-7-17-23-24-19(27(17)25-18)14-3-5-16(21)6-4-14/h2-8,15H,1,9-13H2,(H,22,28). The van der Waals surface area contributed by atoms with Crippen LogP contribution in [-0.2, 0) is 4.79 Å². The van der Waals surface area contributed by atoms with E-state index in [0.29, 0.717) is 23.0 Å². The van der Waals surface area contributed by atoms with E-state index in [-0.39, 0.29) is 11.8 Å². The Balaban J connectivity index is 1.52. The summed E-state index contributed by atoms with van der Waals surface area (Å²) >= 11 is 5.98. The van der Waals surface area contributed by atoms with Crippen LogP contribution in [0.15, 0.2) is 49.1 Å². The summed E-state index contributed by atoms with van der Waals surface area (Å²) in [6, 6.07) is 11.3. The Morgan fingerprint density at radius 1 is 1.18 bits per heavy atom. The molecular formula is C20H21ClN6O. The van der Waals surface area contributed by atoms with E-state index in [9.17, 15) is 4.79 Å². The second-order valence-electron chi connectivity index (χ2n) is 6.79. The molecular weight excluding hydrogens is 376 g/mol. The van der Waals surface area contributed by atoms with Crippen LogP contribution in [0.4, 0.5) is 5.82 Å². The minimum Gasteiger partial charge on any atom is -0.355 e.